The molecule has 0 aliphatic heterocycles. The number of ether oxygens (including phenoxy) is 1. The Hall–Kier alpha value is -0.800. The summed E-state index contributed by atoms with van der Waals surface area (Å²) in [6.07, 6.45) is 0. The van der Waals surface area contributed by atoms with E-state index in [1.54, 1.807) is 12.1 Å². The second-order valence-corrected chi connectivity index (χ2v) is 2.31. The monoisotopic (exact) mass is 233 g/mol. The molecule has 1 heterocycles. The van der Waals surface area contributed by atoms with Gasteiger partial charge in [-0.25, -0.2) is 4.98 Å². The largest absolute Gasteiger partial charge is 0.494 e. The van der Waals surface area contributed by atoms with Crippen molar-refractivity contribution >= 4 is 11.6 Å². The zero-order valence-electron chi connectivity index (χ0n) is 10.0. The van der Waals surface area contributed by atoms with E-state index in [0.717, 1.165) is 0 Å². The van der Waals surface area contributed by atoms with Gasteiger partial charge in [0.1, 0.15) is 0 Å². The Morgan fingerprint density at radius 3 is 2.13 bits per heavy atom. The minimum absolute atomic E-state index is 0.107. The number of halogens is 1. The van der Waals surface area contributed by atoms with E-state index in [1.165, 1.54) is 7.11 Å². The summed E-state index contributed by atoms with van der Waals surface area (Å²) in [7, 11) is 1.52. The summed E-state index contributed by atoms with van der Waals surface area (Å²) in [5.41, 5.74) is 0.538. The lowest BCUT2D eigenvalue weighted by atomic mass is 10.3. The molecule has 1 N–H and O–H groups in total. The summed E-state index contributed by atoms with van der Waals surface area (Å²) in [4.78, 5) is 3.85. The van der Waals surface area contributed by atoms with Crippen LogP contribution in [-0.2, 0) is 6.61 Å². The number of aliphatic hydroxyl groups is 1. The second-order valence-electron chi connectivity index (χ2n) is 1.95. The highest BCUT2D eigenvalue weighted by atomic mass is 35.5. The van der Waals surface area contributed by atoms with Crippen LogP contribution in [0.5, 0.6) is 5.75 Å². The van der Waals surface area contributed by atoms with Gasteiger partial charge in [-0.3, -0.25) is 0 Å². The maximum absolute atomic E-state index is 8.66. The third kappa shape index (κ3) is 6.31. The first kappa shape index (κ1) is 16.6. The number of hydrogen-bond donors (Lipinski definition) is 1. The minimum atomic E-state index is -0.107. The number of rotatable bonds is 2. The van der Waals surface area contributed by atoms with E-state index in [2.05, 4.69) is 4.98 Å². The van der Waals surface area contributed by atoms with Crippen molar-refractivity contribution in [2.75, 3.05) is 7.11 Å². The van der Waals surface area contributed by atoms with Gasteiger partial charge in [-0.2, -0.15) is 0 Å². The molecule has 3 nitrogen and oxygen atoms in total. The number of aliphatic hydroxyl groups excluding tert-OH is 1. The van der Waals surface area contributed by atoms with Crippen molar-refractivity contribution in [2.45, 2.75) is 34.3 Å². The first-order valence-corrected chi connectivity index (χ1v) is 5.46. The molecule has 0 radical (unpaired) electrons. The Labute approximate surface area is 97.1 Å². The Bertz CT molecular complexity index is 254. The molecule has 1 aromatic heterocycles. The van der Waals surface area contributed by atoms with Gasteiger partial charge in [0.2, 0.25) is 0 Å². The molecule has 0 aliphatic rings. The van der Waals surface area contributed by atoms with Gasteiger partial charge in [-0.15, -0.1) is 0 Å². The van der Waals surface area contributed by atoms with Gasteiger partial charge in [0.25, 0.3) is 0 Å². The third-order valence-corrected chi connectivity index (χ3v) is 1.52. The first-order valence-electron chi connectivity index (χ1n) is 5.08. The van der Waals surface area contributed by atoms with Crippen molar-refractivity contribution < 1.29 is 9.84 Å². The highest BCUT2D eigenvalue weighted by Gasteiger charge is 2.01. The van der Waals surface area contributed by atoms with Gasteiger partial charge in [0.15, 0.2) is 10.9 Å². The van der Waals surface area contributed by atoms with E-state index < -0.39 is 0 Å². The smallest absolute Gasteiger partial charge is 0.171 e. The molecule has 0 aromatic carbocycles. The summed E-state index contributed by atoms with van der Waals surface area (Å²) in [6.45, 7) is 7.89. The van der Waals surface area contributed by atoms with Crippen LogP contribution in [0.3, 0.4) is 0 Å². The van der Waals surface area contributed by atoms with E-state index in [0.29, 0.717) is 11.4 Å². The number of hydrogen-bond acceptors (Lipinski definition) is 3. The van der Waals surface area contributed by atoms with E-state index >= 15 is 0 Å². The fourth-order valence-electron chi connectivity index (χ4n) is 0.699. The molecule has 0 bridgehead atoms. The van der Waals surface area contributed by atoms with Gasteiger partial charge in [-0.1, -0.05) is 39.3 Å². The molecule has 0 fully saturated rings. The SMILES string of the molecule is CC.CC.COc1ccc(CO)nc1Cl. The third-order valence-electron chi connectivity index (χ3n) is 1.25. The maximum Gasteiger partial charge on any atom is 0.171 e. The Kier molecular flexibility index (Phi) is 12.5. The van der Waals surface area contributed by atoms with Crippen LogP contribution in [0.25, 0.3) is 0 Å². The first-order chi connectivity index (χ1) is 7.27. The molecule has 0 atom stereocenters. The van der Waals surface area contributed by atoms with Gasteiger partial charge >= 0.3 is 0 Å². The molecule has 1 aromatic rings. The summed E-state index contributed by atoms with van der Waals surface area (Å²) in [5.74, 6) is 0.517. The van der Waals surface area contributed by atoms with Crippen molar-refractivity contribution in [1.82, 2.24) is 4.98 Å². The Balaban J connectivity index is 0. The average Bonchev–Trinajstić information content (AvgIpc) is 2.34. The van der Waals surface area contributed by atoms with E-state index in [1.807, 2.05) is 27.7 Å². The van der Waals surface area contributed by atoms with Gasteiger partial charge in [0, 0.05) is 0 Å². The van der Waals surface area contributed by atoms with Crippen molar-refractivity contribution in [3.63, 3.8) is 0 Å². The molecule has 0 aliphatic carbocycles. The zero-order chi connectivity index (χ0) is 12.3. The fraction of sp³-hybridized carbons (Fsp3) is 0.545. The number of nitrogens with zero attached hydrogens (tertiary/aromatic N) is 1. The summed E-state index contributed by atoms with van der Waals surface area (Å²) in [6, 6.07) is 3.32. The van der Waals surface area contributed by atoms with E-state index in [-0.39, 0.29) is 11.8 Å². The predicted molar refractivity (Wildman–Crippen MR) is 64.4 cm³/mol. The maximum atomic E-state index is 8.66. The molecule has 0 amide bonds. The topological polar surface area (TPSA) is 42.4 Å². The molecular formula is C11H20ClNO2. The van der Waals surface area contributed by atoms with Gasteiger partial charge < -0.3 is 9.84 Å². The van der Waals surface area contributed by atoms with Crippen molar-refractivity contribution in [3.8, 4) is 5.75 Å². The van der Waals surface area contributed by atoms with Crippen LogP contribution in [0.2, 0.25) is 5.15 Å². The van der Waals surface area contributed by atoms with Crippen LogP contribution in [0.1, 0.15) is 33.4 Å². The standard InChI is InChI=1S/C7H8ClNO2.2C2H6/c1-11-6-3-2-5(4-10)9-7(6)8;2*1-2/h2-3,10H,4H2,1H3;2*1-2H3. The number of pyridine rings is 1. The van der Waals surface area contributed by atoms with Crippen molar-refractivity contribution in [3.05, 3.63) is 23.0 Å². The molecule has 0 saturated heterocycles. The summed E-state index contributed by atoms with van der Waals surface area (Å²) in [5, 5.41) is 8.94. The molecule has 0 spiro atoms. The number of methoxy groups -OCH3 is 1. The summed E-state index contributed by atoms with van der Waals surface area (Å²) >= 11 is 5.66. The highest BCUT2D eigenvalue weighted by molar-refractivity contribution is 6.30. The second kappa shape index (κ2) is 11.3. The van der Waals surface area contributed by atoms with Crippen LogP contribution in [0, 0.1) is 0 Å². The van der Waals surface area contributed by atoms with Crippen LogP contribution in [0.15, 0.2) is 12.1 Å². The lowest BCUT2D eigenvalue weighted by Crippen LogP contribution is -1.92. The fourth-order valence-corrected chi connectivity index (χ4v) is 0.948. The van der Waals surface area contributed by atoms with Crippen molar-refractivity contribution in [1.29, 1.82) is 0 Å². The van der Waals surface area contributed by atoms with E-state index in [9.17, 15) is 0 Å². The number of aromatic nitrogens is 1. The molecule has 0 saturated carbocycles. The molecule has 1 rings (SSSR count). The zero-order valence-corrected chi connectivity index (χ0v) is 10.8. The Morgan fingerprint density at radius 1 is 1.27 bits per heavy atom. The Morgan fingerprint density at radius 2 is 1.80 bits per heavy atom. The molecule has 15 heavy (non-hydrogen) atoms. The highest BCUT2D eigenvalue weighted by Crippen LogP contribution is 2.21. The lowest BCUT2D eigenvalue weighted by molar-refractivity contribution is 0.276. The van der Waals surface area contributed by atoms with E-state index in [4.69, 9.17) is 21.4 Å². The quantitative estimate of drug-likeness (QED) is 0.798. The van der Waals surface area contributed by atoms with Crippen LogP contribution < -0.4 is 4.74 Å². The molecule has 88 valence electrons. The summed E-state index contributed by atoms with van der Waals surface area (Å²) < 4.78 is 4.87. The normalized spacial score (nSPS) is 7.93. The van der Waals surface area contributed by atoms with Gasteiger partial charge in [-0.05, 0) is 12.1 Å². The van der Waals surface area contributed by atoms with Crippen LogP contribution in [0.4, 0.5) is 0 Å². The molecule has 4 heteroatoms. The predicted octanol–water partition coefficient (Wildman–Crippen LogP) is 3.29. The molecule has 0 unspecified atom stereocenters. The van der Waals surface area contributed by atoms with Gasteiger partial charge in [0.05, 0.1) is 19.4 Å². The van der Waals surface area contributed by atoms with Crippen molar-refractivity contribution in [2.24, 2.45) is 0 Å². The van der Waals surface area contributed by atoms with Crippen LogP contribution >= 0.6 is 11.6 Å². The van der Waals surface area contributed by atoms with Crippen LogP contribution in [-0.4, -0.2) is 17.2 Å². The molecular weight excluding hydrogens is 214 g/mol. The average molecular weight is 234 g/mol. The minimum Gasteiger partial charge on any atom is -0.494 e. The lowest BCUT2D eigenvalue weighted by Gasteiger charge is -2.02.